The van der Waals surface area contributed by atoms with Crippen molar-refractivity contribution in [3.63, 3.8) is 0 Å². The number of aromatic nitrogens is 2. The number of nitrogens with one attached hydrogen (secondary N) is 1. The third-order valence-electron chi connectivity index (χ3n) is 3.17. The van der Waals surface area contributed by atoms with E-state index < -0.39 is 21.0 Å². The minimum Gasteiger partial charge on any atom is -0.438 e. The molecule has 0 aromatic carbocycles. The van der Waals surface area contributed by atoms with E-state index >= 15 is 0 Å². The van der Waals surface area contributed by atoms with Crippen LogP contribution >= 0.6 is 0 Å². The molecule has 0 radical (unpaired) electrons. The number of nitrogens with zero attached hydrogens (tertiary/aromatic N) is 2. The van der Waals surface area contributed by atoms with Crippen LogP contribution in [0.2, 0.25) is 0 Å². The second-order valence-electron chi connectivity index (χ2n) is 4.62. The Morgan fingerprint density at radius 2 is 2.10 bits per heavy atom. The molecule has 2 aromatic rings. The average Bonchev–Trinajstić information content (AvgIpc) is 2.95. The van der Waals surface area contributed by atoms with E-state index in [-0.39, 0.29) is 12.3 Å². The summed E-state index contributed by atoms with van der Waals surface area (Å²) < 4.78 is 28.8. The highest BCUT2D eigenvalue weighted by molar-refractivity contribution is 7.89. The zero-order valence-corrected chi connectivity index (χ0v) is 12.7. The van der Waals surface area contributed by atoms with Crippen molar-refractivity contribution in [2.24, 2.45) is 12.2 Å². The summed E-state index contributed by atoms with van der Waals surface area (Å²) in [4.78, 5) is 11.9. The molecule has 0 aliphatic carbocycles. The van der Waals surface area contributed by atoms with Gasteiger partial charge >= 0.3 is 0 Å². The predicted molar refractivity (Wildman–Crippen MR) is 73.9 cm³/mol. The van der Waals surface area contributed by atoms with Crippen molar-refractivity contribution in [2.75, 3.05) is 0 Å². The van der Waals surface area contributed by atoms with Gasteiger partial charge in [0.25, 0.3) is 15.9 Å². The van der Waals surface area contributed by atoms with Crippen LogP contribution in [0.15, 0.2) is 21.6 Å². The first-order chi connectivity index (χ1) is 9.70. The van der Waals surface area contributed by atoms with Crippen LogP contribution in [-0.4, -0.2) is 24.1 Å². The van der Waals surface area contributed by atoms with Gasteiger partial charge in [-0.3, -0.25) is 9.48 Å². The van der Waals surface area contributed by atoms with E-state index in [9.17, 15) is 13.2 Å². The number of nitrogens with two attached hydrogens (primary N) is 1. The molecule has 0 unspecified atom stereocenters. The number of primary sulfonamides is 1. The van der Waals surface area contributed by atoms with E-state index in [1.807, 2.05) is 20.9 Å². The van der Waals surface area contributed by atoms with Crippen molar-refractivity contribution in [1.29, 1.82) is 0 Å². The molecule has 21 heavy (non-hydrogen) atoms. The first-order valence-corrected chi connectivity index (χ1v) is 7.64. The minimum atomic E-state index is -3.95. The van der Waals surface area contributed by atoms with Gasteiger partial charge in [-0.25, -0.2) is 13.6 Å². The molecule has 114 valence electrons. The number of hydrogen-bond acceptors (Lipinski definition) is 5. The summed E-state index contributed by atoms with van der Waals surface area (Å²) in [5.74, 6) is -0.634. The molecule has 0 saturated heterocycles. The van der Waals surface area contributed by atoms with Crippen molar-refractivity contribution < 1.29 is 17.6 Å². The number of rotatable bonds is 4. The Bertz CT molecular complexity index is 788. The van der Waals surface area contributed by atoms with Crippen LogP contribution in [0.4, 0.5) is 0 Å². The van der Waals surface area contributed by atoms with Crippen molar-refractivity contribution in [3.05, 3.63) is 34.8 Å². The molecule has 0 spiro atoms. The summed E-state index contributed by atoms with van der Waals surface area (Å²) in [6.45, 7) is 4.02. The highest BCUT2D eigenvalue weighted by atomic mass is 32.2. The Morgan fingerprint density at radius 1 is 1.43 bits per heavy atom. The highest BCUT2D eigenvalue weighted by Gasteiger charge is 2.18. The maximum absolute atomic E-state index is 11.9. The van der Waals surface area contributed by atoms with Crippen molar-refractivity contribution >= 4 is 15.9 Å². The molecule has 9 heteroatoms. The fraction of sp³-hybridized carbons (Fsp3) is 0.333. The van der Waals surface area contributed by atoms with Crippen LogP contribution in [0, 0.1) is 13.8 Å². The van der Waals surface area contributed by atoms with Crippen LogP contribution in [0.5, 0.6) is 0 Å². The molecule has 0 aliphatic rings. The number of hydrogen-bond donors (Lipinski definition) is 2. The van der Waals surface area contributed by atoms with Gasteiger partial charge in [0, 0.05) is 24.8 Å². The molecule has 0 fully saturated rings. The van der Waals surface area contributed by atoms with Crippen LogP contribution in [0.25, 0.3) is 0 Å². The number of amides is 1. The lowest BCUT2D eigenvalue weighted by atomic mass is 10.2. The Balaban J connectivity index is 2.10. The first kappa shape index (κ1) is 15.3. The quantitative estimate of drug-likeness (QED) is 0.836. The molecule has 8 nitrogen and oxygen atoms in total. The van der Waals surface area contributed by atoms with Gasteiger partial charge in [0.1, 0.15) is 0 Å². The van der Waals surface area contributed by atoms with Gasteiger partial charge in [-0.1, -0.05) is 0 Å². The van der Waals surface area contributed by atoms with Gasteiger partial charge in [0.2, 0.25) is 5.09 Å². The van der Waals surface area contributed by atoms with Gasteiger partial charge in [0.15, 0.2) is 5.76 Å². The second-order valence-corrected chi connectivity index (χ2v) is 6.11. The molecule has 0 bridgehead atoms. The van der Waals surface area contributed by atoms with Crippen LogP contribution in [-0.2, 0) is 23.6 Å². The maximum atomic E-state index is 11.9. The SMILES string of the molecule is Cc1nn(C)c(C)c1CNC(=O)c1ccc(S(N)(=O)=O)o1. The first-order valence-electron chi connectivity index (χ1n) is 6.10. The van der Waals surface area contributed by atoms with Crippen LogP contribution in [0.1, 0.15) is 27.5 Å². The van der Waals surface area contributed by atoms with E-state index in [1.165, 1.54) is 6.07 Å². The summed E-state index contributed by atoms with van der Waals surface area (Å²) in [7, 11) is -2.13. The van der Waals surface area contributed by atoms with Crippen LogP contribution in [0.3, 0.4) is 0 Å². The van der Waals surface area contributed by atoms with E-state index in [4.69, 9.17) is 9.56 Å². The monoisotopic (exact) mass is 312 g/mol. The Hall–Kier alpha value is -2.13. The molecule has 2 heterocycles. The largest absolute Gasteiger partial charge is 0.438 e. The molecule has 3 N–H and O–H groups in total. The summed E-state index contributed by atoms with van der Waals surface area (Å²) in [5, 5.41) is 11.4. The lowest BCUT2D eigenvalue weighted by molar-refractivity contribution is 0.0918. The topological polar surface area (TPSA) is 120 Å². The minimum absolute atomic E-state index is 0.113. The highest BCUT2D eigenvalue weighted by Crippen LogP contribution is 2.14. The fourth-order valence-corrected chi connectivity index (χ4v) is 2.39. The van der Waals surface area contributed by atoms with E-state index in [1.54, 1.807) is 4.68 Å². The Kier molecular flexibility index (Phi) is 3.88. The summed E-state index contributed by atoms with van der Waals surface area (Å²) in [6, 6.07) is 2.41. The predicted octanol–water partition coefficient (Wildman–Crippen LogP) is 0.207. The molecular weight excluding hydrogens is 296 g/mol. The lowest BCUT2D eigenvalue weighted by Gasteiger charge is -2.04. The normalized spacial score (nSPS) is 11.6. The summed E-state index contributed by atoms with van der Waals surface area (Å²) >= 11 is 0. The molecule has 0 aliphatic heterocycles. The molecule has 1 amide bonds. The van der Waals surface area contributed by atoms with Crippen molar-refractivity contribution in [2.45, 2.75) is 25.5 Å². The average molecular weight is 312 g/mol. The van der Waals surface area contributed by atoms with Gasteiger partial charge in [-0.15, -0.1) is 0 Å². The number of furan rings is 1. The summed E-state index contributed by atoms with van der Waals surface area (Å²) in [5.41, 5.74) is 2.67. The summed E-state index contributed by atoms with van der Waals surface area (Å²) in [6.07, 6.45) is 0. The fourth-order valence-electron chi connectivity index (χ4n) is 1.92. The van der Waals surface area contributed by atoms with Gasteiger partial charge in [-0.05, 0) is 26.0 Å². The number of carbonyl (C=O) groups is 1. The number of aryl methyl sites for hydroxylation is 2. The zero-order valence-electron chi connectivity index (χ0n) is 11.9. The Labute approximate surface area is 122 Å². The lowest BCUT2D eigenvalue weighted by Crippen LogP contribution is -2.23. The van der Waals surface area contributed by atoms with Gasteiger partial charge in [0.05, 0.1) is 5.69 Å². The number of carbonyl (C=O) groups excluding carboxylic acids is 1. The van der Waals surface area contributed by atoms with E-state index in [0.717, 1.165) is 23.0 Å². The molecule has 0 atom stereocenters. The molecular formula is C12H16N4O4S. The number of sulfonamides is 1. The molecule has 2 rings (SSSR count). The smallest absolute Gasteiger partial charge is 0.287 e. The molecule has 2 aromatic heterocycles. The van der Waals surface area contributed by atoms with Crippen molar-refractivity contribution in [3.8, 4) is 0 Å². The third kappa shape index (κ3) is 3.14. The molecule has 0 saturated carbocycles. The Morgan fingerprint density at radius 3 is 2.57 bits per heavy atom. The second kappa shape index (κ2) is 5.34. The zero-order chi connectivity index (χ0) is 15.8. The third-order valence-corrected chi connectivity index (χ3v) is 3.95. The van der Waals surface area contributed by atoms with Gasteiger partial charge < -0.3 is 9.73 Å². The van der Waals surface area contributed by atoms with E-state index in [2.05, 4.69) is 10.4 Å². The van der Waals surface area contributed by atoms with E-state index in [0.29, 0.717) is 0 Å². The standard InChI is InChI=1S/C12H16N4O4S/c1-7-9(8(2)16(3)15-7)6-14-12(17)10-4-5-11(20-10)21(13,18)19/h4-5H,6H2,1-3H3,(H,14,17)(H2,13,18,19). The van der Waals surface area contributed by atoms with Gasteiger partial charge in [-0.2, -0.15) is 5.10 Å². The van der Waals surface area contributed by atoms with Crippen molar-refractivity contribution in [1.82, 2.24) is 15.1 Å². The van der Waals surface area contributed by atoms with Crippen LogP contribution < -0.4 is 10.5 Å². The maximum Gasteiger partial charge on any atom is 0.287 e.